The predicted molar refractivity (Wildman–Crippen MR) is 33.9 cm³/mol. The van der Waals surface area contributed by atoms with E-state index in [0.717, 1.165) is 5.92 Å². The van der Waals surface area contributed by atoms with E-state index in [1.165, 1.54) is 12.8 Å². The molecule has 0 saturated heterocycles. The van der Waals surface area contributed by atoms with Gasteiger partial charge in [0.05, 0.1) is 5.41 Å². The molecule has 0 aromatic carbocycles. The number of nitrogens with zero attached hydrogens (tertiary/aromatic N) is 1. The fourth-order valence-corrected chi connectivity index (χ4v) is 1.50. The van der Waals surface area contributed by atoms with Crippen molar-refractivity contribution in [1.82, 2.24) is 4.90 Å². The summed E-state index contributed by atoms with van der Waals surface area (Å²) in [7, 11) is 3.68. The van der Waals surface area contributed by atoms with Gasteiger partial charge in [-0.3, -0.25) is 4.79 Å². The van der Waals surface area contributed by atoms with Crippen molar-refractivity contribution in [3.8, 4) is 0 Å². The lowest BCUT2D eigenvalue weighted by Crippen LogP contribution is -2.26. The number of amides is 1. The summed E-state index contributed by atoms with van der Waals surface area (Å²) in [5.41, 5.74) is 0.184. The zero-order chi connectivity index (χ0) is 6.65. The topological polar surface area (TPSA) is 20.3 Å². The SMILES string of the molecule is CN(C)C(=O)C12CC1C2. The van der Waals surface area contributed by atoms with Crippen molar-refractivity contribution in [3.05, 3.63) is 0 Å². The van der Waals surface area contributed by atoms with Gasteiger partial charge in [0.1, 0.15) is 0 Å². The van der Waals surface area contributed by atoms with Crippen LogP contribution in [0.25, 0.3) is 0 Å². The average Bonchev–Trinajstić information content (AvgIpc) is 2.45. The summed E-state index contributed by atoms with van der Waals surface area (Å²) in [5.74, 6) is 1.14. The lowest BCUT2D eigenvalue weighted by atomic mass is 10.2. The number of hydrogen-bond donors (Lipinski definition) is 0. The van der Waals surface area contributed by atoms with Crippen LogP contribution in [0.5, 0.6) is 0 Å². The van der Waals surface area contributed by atoms with Gasteiger partial charge < -0.3 is 4.90 Å². The van der Waals surface area contributed by atoms with Crippen molar-refractivity contribution < 1.29 is 4.79 Å². The Morgan fingerprint density at radius 1 is 1.56 bits per heavy atom. The van der Waals surface area contributed by atoms with Crippen LogP contribution in [0.1, 0.15) is 12.8 Å². The number of fused-ring (bicyclic) bond motifs is 1. The van der Waals surface area contributed by atoms with Crippen LogP contribution in [0.2, 0.25) is 0 Å². The molecule has 0 aromatic heterocycles. The molecule has 2 fully saturated rings. The highest BCUT2D eigenvalue weighted by molar-refractivity contribution is 5.89. The van der Waals surface area contributed by atoms with E-state index >= 15 is 0 Å². The predicted octanol–water partition coefficient (Wildman–Crippen LogP) is 0.485. The first kappa shape index (κ1) is 5.27. The molecule has 2 saturated carbocycles. The summed E-state index contributed by atoms with van der Waals surface area (Å²) in [4.78, 5) is 12.9. The first-order valence-electron chi connectivity index (χ1n) is 3.38. The summed E-state index contributed by atoms with van der Waals surface area (Å²) < 4.78 is 0. The lowest BCUT2D eigenvalue weighted by Gasteiger charge is -2.11. The highest BCUT2D eigenvalue weighted by Crippen LogP contribution is 2.75. The van der Waals surface area contributed by atoms with Gasteiger partial charge in [0.25, 0.3) is 0 Å². The Labute approximate surface area is 54.8 Å². The molecule has 9 heavy (non-hydrogen) atoms. The second-order valence-corrected chi connectivity index (χ2v) is 3.46. The van der Waals surface area contributed by atoms with Crippen LogP contribution in [0.15, 0.2) is 0 Å². The molecule has 1 amide bonds. The van der Waals surface area contributed by atoms with Crippen molar-refractivity contribution in [3.63, 3.8) is 0 Å². The van der Waals surface area contributed by atoms with Gasteiger partial charge in [-0.15, -0.1) is 0 Å². The molecule has 2 heteroatoms. The second-order valence-electron chi connectivity index (χ2n) is 3.46. The molecule has 0 aromatic rings. The maximum absolute atomic E-state index is 11.2. The van der Waals surface area contributed by atoms with E-state index < -0.39 is 0 Å². The quantitative estimate of drug-likeness (QED) is 0.499. The molecule has 2 aliphatic rings. The molecule has 2 rings (SSSR count). The number of carbonyl (C=O) groups excluding carboxylic acids is 1. The zero-order valence-electron chi connectivity index (χ0n) is 5.85. The molecule has 2 nitrogen and oxygen atoms in total. The van der Waals surface area contributed by atoms with Crippen LogP contribution in [-0.4, -0.2) is 24.9 Å². The molecule has 0 atom stereocenters. The Kier molecular flexibility index (Phi) is 0.675. The third-order valence-electron chi connectivity index (χ3n) is 2.51. The van der Waals surface area contributed by atoms with Crippen LogP contribution in [0.4, 0.5) is 0 Å². The molecule has 0 heterocycles. The molecule has 0 bridgehead atoms. The summed E-state index contributed by atoms with van der Waals surface area (Å²) in [6.45, 7) is 0. The normalized spacial score (nSPS) is 43.6. The van der Waals surface area contributed by atoms with Crippen LogP contribution >= 0.6 is 0 Å². The number of hydrogen-bond acceptors (Lipinski definition) is 1. The fraction of sp³-hybridized carbons (Fsp3) is 0.857. The van der Waals surface area contributed by atoms with Gasteiger partial charge in [0, 0.05) is 14.1 Å². The van der Waals surface area contributed by atoms with Crippen molar-refractivity contribution in [2.45, 2.75) is 12.8 Å². The summed E-state index contributed by atoms with van der Waals surface area (Å²) >= 11 is 0. The van der Waals surface area contributed by atoms with Gasteiger partial charge >= 0.3 is 0 Å². The van der Waals surface area contributed by atoms with E-state index in [-0.39, 0.29) is 5.41 Å². The fourth-order valence-electron chi connectivity index (χ4n) is 1.50. The van der Waals surface area contributed by atoms with Gasteiger partial charge in [0.2, 0.25) is 5.91 Å². The van der Waals surface area contributed by atoms with Gasteiger partial charge in [-0.25, -0.2) is 0 Å². The van der Waals surface area contributed by atoms with Crippen molar-refractivity contribution in [2.75, 3.05) is 14.1 Å². The standard InChI is InChI=1S/C7H11NO/c1-8(2)6(9)7-3-5(7)4-7/h5H,3-4H2,1-2H3. The molecule has 0 radical (unpaired) electrons. The molecular weight excluding hydrogens is 114 g/mol. The third-order valence-corrected chi connectivity index (χ3v) is 2.51. The Hall–Kier alpha value is -0.530. The van der Waals surface area contributed by atoms with E-state index in [9.17, 15) is 4.79 Å². The third kappa shape index (κ3) is 0.485. The van der Waals surface area contributed by atoms with Gasteiger partial charge in [0.15, 0.2) is 0 Å². The molecule has 50 valence electrons. The number of carbonyl (C=O) groups is 1. The van der Waals surface area contributed by atoms with Crippen LogP contribution < -0.4 is 0 Å². The van der Waals surface area contributed by atoms with Gasteiger partial charge in [-0.1, -0.05) is 0 Å². The maximum Gasteiger partial charge on any atom is 0.228 e. The monoisotopic (exact) mass is 125 g/mol. The minimum absolute atomic E-state index is 0.184. The van der Waals surface area contributed by atoms with Gasteiger partial charge in [-0.05, 0) is 18.8 Å². The maximum atomic E-state index is 11.2. The lowest BCUT2D eigenvalue weighted by molar-refractivity contribution is -0.132. The Balaban J connectivity index is 2.06. The van der Waals surface area contributed by atoms with Crippen molar-refractivity contribution in [2.24, 2.45) is 11.3 Å². The minimum atomic E-state index is 0.184. The second kappa shape index (κ2) is 1.15. The van der Waals surface area contributed by atoms with Crippen molar-refractivity contribution in [1.29, 1.82) is 0 Å². The first-order valence-corrected chi connectivity index (χ1v) is 3.38. The molecule has 0 N–H and O–H groups in total. The summed E-state index contributed by atoms with van der Waals surface area (Å²) in [6.07, 6.45) is 2.34. The van der Waals surface area contributed by atoms with E-state index in [1.807, 2.05) is 14.1 Å². The molecule has 0 spiro atoms. The first-order chi connectivity index (χ1) is 4.17. The van der Waals surface area contributed by atoms with E-state index in [2.05, 4.69) is 0 Å². The highest BCUT2D eigenvalue weighted by Gasteiger charge is 2.74. The molecular formula is C7H11NO. The van der Waals surface area contributed by atoms with Crippen LogP contribution in [0, 0.1) is 11.3 Å². The summed E-state index contributed by atoms with van der Waals surface area (Å²) in [6, 6.07) is 0. The largest absolute Gasteiger partial charge is 0.348 e. The van der Waals surface area contributed by atoms with Crippen LogP contribution in [-0.2, 0) is 4.79 Å². The Morgan fingerprint density at radius 3 is 2.11 bits per heavy atom. The van der Waals surface area contributed by atoms with Gasteiger partial charge in [-0.2, -0.15) is 0 Å². The van der Waals surface area contributed by atoms with Crippen LogP contribution in [0.3, 0.4) is 0 Å². The minimum Gasteiger partial charge on any atom is -0.348 e. The van der Waals surface area contributed by atoms with Crippen molar-refractivity contribution >= 4 is 5.91 Å². The van der Waals surface area contributed by atoms with E-state index in [1.54, 1.807) is 4.90 Å². The summed E-state index contributed by atoms with van der Waals surface area (Å²) in [5, 5.41) is 0. The average molecular weight is 125 g/mol. The smallest absolute Gasteiger partial charge is 0.228 e. The molecule has 0 aliphatic heterocycles. The Morgan fingerprint density at radius 2 is 2.00 bits per heavy atom. The highest BCUT2D eigenvalue weighted by atomic mass is 16.2. The molecule has 2 aliphatic carbocycles. The number of rotatable bonds is 1. The zero-order valence-corrected chi connectivity index (χ0v) is 5.85. The van der Waals surface area contributed by atoms with E-state index in [4.69, 9.17) is 0 Å². The molecule has 0 unspecified atom stereocenters. The van der Waals surface area contributed by atoms with E-state index in [0.29, 0.717) is 5.91 Å². The Bertz CT molecular complexity index is 168.